The Labute approximate surface area is 199 Å². The van der Waals surface area contributed by atoms with E-state index >= 15 is 0 Å². The van der Waals surface area contributed by atoms with Crippen molar-refractivity contribution in [1.29, 1.82) is 0 Å². The van der Waals surface area contributed by atoms with Crippen molar-refractivity contribution in [2.75, 3.05) is 47.0 Å². The Morgan fingerprint density at radius 2 is 1.71 bits per heavy atom. The molecule has 0 radical (unpaired) electrons. The lowest BCUT2D eigenvalue weighted by atomic mass is 10.1. The van der Waals surface area contributed by atoms with E-state index < -0.39 is 0 Å². The van der Waals surface area contributed by atoms with Crippen molar-refractivity contribution in [2.45, 2.75) is 19.9 Å². The summed E-state index contributed by atoms with van der Waals surface area (Å²) in [5, 5.41) is 12.2. The molecule has 0 atom stereocenters. The first kappa shape index (κ1) is 23.5. The number of aromatic nitrogens is 4. The number of hydrogen-bond acceptors (Lipinski definition) is 8. The second kappa shape index (κ2) is 11.0. The summed E-state index contributed by atoms with van der Waals surface area (Å²) in [4.78, 5) is 17.0. The van der Waals surface area contributed by atoms with Gasteiger partial charge in [0.05, 0.1) is 39.5 Å². The standard InChI is InChI=1S/C24H30N6O4/c1-4-34-20-8-6-19(7-9-20)30-23(25-26-27-30)17-28-11-13-29(14-12-28)24(31)16-18-5-10-21(32-2)22(15-18)33-3/h5-10,15H,4,11-14,16-17H2,1-3H3. The molecule has 180 valence electrons. The topological polar surface area (TPSA) is 94.8 Å². The van der Waals surface area contributed by atoms with E-state index in [1.807, 2.05) is 54.3 Å². The minimum atomic E-state index is 0.103. The SMILES string of the molecule is CCOc1ccc(-n2nnnc2CN2CCN(C(=O)Cc3ccc(OC)c(OC)c3)CC2)cc1. The maximum absolute atomic E-state index is 12.8. The van der Waals surface area contributed by atoms with Crippen LogP contribution in [0.1, 0.15) is 18.3 Å². The second-order valence-electron chi connectivity index (χ2n) is 7.96. The van der Waals surface area contributed by atoms with Gasteiger partial charge >= 0.3 is 0 Å². The number of amides is 1. The zero-order valence-electron chi connectivity index (χ0n) is 19.8. The van der Waals surface area contributed by atoms with E-state index in [1.165, 1.54) is 0 Å². The van der Waals surface area contributed by atoms with Gasteiger partial charge in [0.25, 0.3) is 0 Å². The number of carbonyl (C=O) groups is 1. The molecule has 4 rings (SSSR count). The minimum absolute atomic E-state index is 0.103. The van der Waals surface area contributed by atoms with Crippen LogP contribution in [0.15, 0.2) is 42.5 Å². The Morgan fingerprint density at radius 1 is 0.971 bits per heavy atom. The van der Waals surface area contributed by atoms with Crippen LogP contribution < -0.4 is 14.2 Å². The first-order valence-electron chi connectivity index (χ1n) is 11.3. The average molecular weight is 467 g/mol. The number of hydrogen-bond donors (Lipinski definition) is 0. The molecule has 3 aromatic rings. The van der Waals surface area contributed by atoms with Crippen molar-refractivity contribution >= 4 is 5.91 Å². The van der Waals surface area contributed by atoms with Gasteiger partial charge < -0.3 is 19.1 Å². The number of benzene rings is 2. The molecule has 1 aromatic heterocycles. The predicted octanol–water partition coefficient (Wildman–Crippen LogP) is 1.97. The van der Waals surface area contributed by atoms with Crippen LogP contribution in [0.25, 0.3) is 5.69 Å². The number of tetrazole rings is 1. The fourth-order valence-electron chi connectivity index (χ4n) is 3.99. The van der Waals surface area contributed by atoms with Crippen LogP contribution in [-0.2, 0) is 17.8 Å². The van der Waals surface area contributed by atoms with E-state index in [2.05, 4.69) is 20.4 Å². The lowest BCUT2D eigenvalue weighted by molar-refractivity contribution is -0.132. The summed E-state index contributed by atoms with van der Waals surface area (Å²) >= 11 is 0. The molecule has 34 heavy (non-hydrogen) atoms. The molecular formula is C24H30N6O4. The van der Waals surface area contributed by atoms with Crippen LogP contribution in [0.3, 0.4) is 0 Å². The molecule has 0 aliphatic carbocycles. The quantitative estimate of drug-likeness (QED) is 0.472. The fourth-order valence-corrected chi connectivity index (χ4v) is 3.99. The molecule has 1 amide bonds. The third-order valence-electron chi connectivity index (χ3n) is 5.82. The molecule has 10 nitrogen and oxygen atoms in total. The lowest BCUT2D eigenvalue weighted by Gasteiger charge is -2.34. The van der Waals surface area contributed by atoms with E-state index in [0.717, 1.165) is 35.9 Å². The third-order valence-corrected chi connectivity index (χ3v) is 5.82. The second-order valence-corrected chi connectivity index (χ2v) is 7.96. The lowest BCUT2D eigenvalue weighted by Crippen LogP contribution is -2.48. The zero-order chi connectivity index (χ0) is 23.9. The number of carbonyl (C=O) groups excluding carboxylic acids is 1. The molecule has 0 unspecified atom stereocenters. The van der Waals surface area contributed by atoms with E-state index in [1.54, 1.807) is 18.9 Å². The van der Waals surface area contributed by atoms with Crippen molar-refractivity contribution in [3.63, 3.8) is 0 Å². The van der Waals surface area contributed by atoms with Gasteiger partial charge in [0.2, 0.25) is 5.91 Å². The molecule has 1 aliphatic heterocycles. The molecule has 2 aromatic carbocycles. The number of piperazine rings is 1. The van der Waals surface area contributed by atoms with Gasteiger partial charge in [-0.3, -0.25) is 9.69 Å². The maximum Gasteiger partial charge on any atom is 0.227 e. The summed E-state index contributed by atoms with van der Waals surface area (Å²) in [7, 11) is 3.19. The Morgan fingerprint density at radius 3 is 2.38 bits per heavy atom. The van der Waals surface area contributed by atoms with Crippen LogP contribution in [0, 0.1) is 0 Å². The van der Waals surface area contributed by atoms with Crippen molar-refractivity contribution in [3.8, 4) is 22.9 Å². The summed E-state index contributed by atoms with van der Waals surface area (Å²) in [6.45, 7) is 6.03. The summed E-state index contributed by atoms with van der Waals surface area (Å²) in [5.74, 6) is 2.96. The zero-order valence-corrected chi connectivity index (χ0v) is 19.8. The van der Waals surface area contributed by atoms with Crippen LogP contribution in [0.5, 0.6) is 17.2 Å². The van der Waals surface area contributed by atoms with Crippen molar-refractivity contribution in [3.05, 3.63) is 53.9 Å². The van der Waals surface area contributed by atoms with Gasteiger partial charge in [-0.05, 0) is 59.3 Å². The highest BCUT2D eigenvalue weighted by atomic mass is 16.5. The Hall–Kier alpha value is -3.66. The van der Waals surface area contributed by atoms with Gasteiger partial charge in [-0.25, -0.2) is 0 Å². The molecule has 0 N–H and O–H groups in total. The molecule has 1 fully saturated rings. The predicted molar refractivity (Wildman–Crippen MR) is 125 cm³/mol. The van der Waals surface area contributed by atoms with Gasteiger partial charge in [-0.15, -0.1) is 5.10 Å². The molecule has 0 spiro atoms. The Kier molecular flexibility index (Phi) is 7.58. The van der Waals surface area contributed by atoms with E-state index in [-0.39, 0.29) is 5.91 Å². The monoisotopic (exact) mass is 466 g/mol. The van der Waals surface area contributed by atoms with Crippen LogP contribution >= 0.6 is 0 Å². The normalized spacial score (nSPS) is 14.1. The highest BCUT2D eigenvalue weighted by Crippen LogP contribution is 2.28. The van der Waals surface area contributed by atoms with Gasteiger partial charge in [-0.1, -0.05) is 6.07 Å². The minimum Gasteiger partial charge on any atom is -0.494 e. The molecule has 0 bridgehead atoms. The first-order chi connectivity index (χ1) is 16.6. The number of ether oxygens (including phenoxy) is 3. The van der Waals surface area contributed by atoms with Gasteiger partial charge in [0, 0.05) is 26.2 Å². The largest absolute Gasteiger partial charge is 0.494 e. The number of rotatable bonds is 9. The highest BCUT2D eigenvalue weighted by molar-refractivity contribution is 5.79. The van der Waals surface area contributed by atoms with E-state index in [0.29, 0.717) is 44.2 Å². The number of methoxy groups -OCH3 is 2. The summed E-state index contributed by atoms with van der Waals surface area (Å²) in [6, 6.07) is 13.3. The van der Waals surface area contributed by atoms with Gasteiger partial charge in [-0.2, -0.15) is 4.68 Å². The maximum atomic E-state index is 12.8. The molecule has 2 heterocycles. The average Bonchev–Trinajstić information content (AvgIpc) is 3.33. The summed E-state index contributed by atoms with van der Waals surface area (Å²) in [6.07, 6.45) is 0.330. The van der Waals surface area contributed by atoms with E-state index in [9.17, 15) is 4.79 Å². The van der Waals surface area contributed by atoms with Gasteiger partial charge in [0.1, 0.15) is 5.75 Å². The number of nitrogens with zero attached hydrogens (tertiary/aromatic N) is 6. The first-order valence-corrected chi connectivity index (χ1v) is 11.3. The van der Waals surface area contributed by atoms with Crippen molar-refractivity contribution in [1.82, 2.24) is 30.0 Å². The molecule has 10 heteroatoms. The highest BCUT2D eigenvalue weighted by Gasteiger charge is 2.23. The summed E-state index contributed by atoms with van der Waals surface area (Å²) in [5.41, 5.74) is 1.78. The van der Waals surface area contributed by atoms with Crippen molar-refractivity contribution in [2.24, 2.45) is 0 Å². The summed E-state index contributed by atoms with van der Waals surface area (Å²) < 4.78 is 17.9. The smallest absolute Gasteiger partial charge is 0.227 e. The Bertz CT molecular complexity index is 1090. The molecular weight excluding hydrogens is 436 g/mol. The molecule has 0 saturated carbocycles. The Balaban J connectivity index is 1.32. The van der Waals surface area contributed by atoms with Crippen LogP contribution in [0.2, 0.25) is 0 Å². The van der Waals surface area contributed by atoms with Crippen LogP contribution in [-0.4, -0.2) is 82.9 Å². The molecule has 1 aliphatic rings. The molecule has 1 saturated heterocycles. The van der Waals surface area contributed by atoms with Gasteiger partial charge in [0.15, 0.2) is 17.3 Å². The van der Waals surface area contributed by atoms with Crippen LogP contribution in [0.4, 0.5) is 0 Å². The fraction of sp³-hybridized carbons (Fsp3) is 0.417. The van der Waals surface area contributed by atoms with E-state index in [4.69, 9.17) is 14.2 Å². The third kappa shape index (κ3) is 5.45. The van der Waals surface area contributed by atoms with Crippen molar-refractivity contribution < 1.29 is 19.0 Å².